The highest BCUT2D eigenvalue weighted by atomic mass is 19.1. The topological polar surface area (TPSA) is 50.9 Å². The second-order valence-electron chi connectivity index (χ2n) is 7.89. The Morgan fingerprint density at radius 3 is 2.73 bits per heavy atom. The van der Waals surface area contributed by atoms with Gasteiger partial charge in [-0.05, 0) is 58.0 Å². The van der Waals surface area contributed by atoms with Gasteiger partial charge in [0.2, 0.25) is 0 Å². The Hall–Kier alpha value is -1.86. The van der Waals surface area contributed by atoms with E-state index >= 15 is 0 Å². The molecule has 1 aromatic carbocycles. The van der Waals surface area contributed by atoms with Gasteiger partial charge in [0.15, 0.2) is 6.29 Å². The third-order valence-electron chi connectivity index (χ3n) is 5.80. The van der Waals surface area contributed by atoms with E-state index in [0.29, 0.717) is 12.1 Å². The van der Waals surface area contributed by atoms with Crippen molar-refractivity contribution < 1.29 is 9.18 Å². The number of carbonyl (C=O) groups excluding carboxylic acids is 1. The maximum atomic E-state index is 14.0. The molecule has 0 radical (unpaired) electrons. The first-order valence-electron chi connectivity index (χ1n) is 9.56. The van der Waals surface area contributed by atoms with Crippen LogP contribution in [0.15, 0.2) is 12.1 Å². The number of anilines is 2. The smallest absolute Gasteiger partial charge is 0.253 e. The molecule has 26 heavy (non-hydrogen) atoms. The molecular weight excluding hydrogens is 333 g/mol. The van der Waals surface area contributed by atoms with Crippen LogP contribution in [0.1, 0.15) is 29.6 Å². The van der Waals surface area contributed by atoms with Gasteiger partial charge in [0.1, 0.15) is 5.82 Å². The van der Waals surface area contributed by atoms with E-state index in [2.05, 4.69) is 39.4 Å². The lowest BCUT2D eigenvalue weighted by atomic mass is 9.93. The fourth-order valence-corrected chi connectivity index (χ4v) is 4.37. The highest BCUT2D eigenvalue weighted by Crippen LogP contribution is 2.41. The molecule has 1 unspecified atom stereocenters. The van der Waals surface area contributed by atoms with Crippen LogP contribution in [0.5, 0.6) is 0 Å². The highest BCUT2D eigenvalue weighted by molar-refractivity contribution is 6.04. The average Bonchev–Trinajstić information content (AvgIpc) is 2.88. The van der Waals surface area contributed by atoms with Crippen molar-refractivity contribution in [3.8, 4) is 0 Å². The van der Waals surface area contributed by atoms with Crippen LogP contribution < -0.4 is 15.5 Å². The fraction of sp³-hybridized carbons (Fsp3) is 0.632. The highest BCUT2D eigenvalue weighted by Gasteiger charge is 2.39. The monoisotopic (exact) mass is 361 g/mol. The molecule has 0 saturated carbocycles. The molecule has 4 rings (SSSR count). The summed E-state index contributed by atoms with van der Waals surface area (Å²) in [7, 11) is 4.25. The number of amides is 1. The number of hydrogen-bond donors (Lipinski definition) is 2. The van der Waals surface area contributed by atoms with E-state index in [-0.39, 0.29) is 18.0 Å². The zero-order valence-electron chi connectivity index (χ0n) is 15.6. The minimum absolute atomic E-state index is 0.00745. The Labute approximate surface area is 154 Å². The Kier molecular flexibility index (Phi) is 4.75. The van der Waals surface area contributed by atoms with E-state index in [1.165, 1.54) is 31.4 Å². The van der Waals surface area contributed by atoms with E-state index in [1.54, 1.807) is 0 Å². The Balaban J connectivity index is 1.49. The molecule has 3 heterocycles. The number of halogens is 1. The molecule has 1 fully saturated rings. The number of nitrogens with zero attached hydrogens (tertiary/aromatic N) is 3. The van der Waals surface area contributed by atoms with Gasteiger partial charge in [0.05, 0.1) is 16.9 Å². The number of carbonyl (C=O) groups is 1. The van der Waals surface area contributed by atoms with Crippen LogP contribution in [0.3, 0.4) is 0 Å². The minimum Gasteiger partial charge on any atom is -0.351 e. The maximum absolute atomic E-state index is 14.0. The van der Waals surface area contributed by atoms with Crippen LogP contribution in [0.25, 0.3) is 0 Å². The molecule has 1 amide bonds. The van der Waals surface area contributed by atoms with E-state index in [4.69, 9.17) is 0 Å². The molecule has 0 spiro atoms. The van der Waals surface area contributed by atoms with Gasteiger partial charge in [-0.25, -0.2) is 4.39 Å². The van der Waals surface area contributed by atoms with Gasteiger partial charge in [-0.15, -0.1) is 0 Å². The van der Waals surface area contributed by atoms with Gasteiger partial charge in [0.25, 0.3) is 5.91 Å². The first kappa shape index (κ1) is 17.5. The van der Waals surface area contributed by atoms with Crippen LogP contribution in [0.2, 0.25) is 0 Å². The van der Waals surface area contributed by atoms with Crippen LogP contribution in [0, 0.1) is 11.7 Å². The van der Waals surface area contributed by atoms with Gasteiger partial charge >= 0.3 is 0 Å². The van der Waals surface area contributed by atoms with Crippen LogP contribution in [0.4, 0.5) is 15.8 Å². The summed E-state index contributed by atoms with van der Waals surface area (Å²) in [6.07, 6.45) is 3.63. The molecule has 1 atom stereocenters. The summed E-state index contributed by atoms with van der Waals surface area (Å²) >= 11 is 0. The van der Waals surface area contributed by atoms with Gasteiger partial charge in [-0.3, -0.25) is 9.69 Å². The molecule has 2 N–H and O–H groups in total. The zero-order valence-corrected chi connectivity index (χ0v) is 15.6. The number of nitrogens with one attached hydrogen (secondary N) is 2. The summed E-state index contributed by atoms with van der Waals surface area (Å²) < 4.78 is 14.0. The summed E-state index contributed by atoms with van der Waals surface area (Å²) in [5.74, 6) is 0.220. The van der Waals surface area contributed by atoms with Crippen molar-refractivity contribution in [3.63, 3.8) is 0 Å². The molecular formula is C19H28FN5O. The first-order valence-corrected chi connectivity index (χ1v) is 9.56. The summed E-state index contributed by atoms with van der Waals surface area (Å²) in [6, 6.07) is 2.86. The second-order valence-corrected chi connectivity index (χ2v) is 7.89. The molecule has 142 valence electrons. The summed E-state index contributed by atoms with van der Waals surface area (Å²) in [5.41, 5.74) is 2.02. The number of hydrogen-bond acceptors (Lipinski definition) is 5. The van der Waals surface area contributed by atoms with Crippen molar-refractivity contribution in [1.29, 1.82) is 0 Å². The van der Waals surface area contributed by atoms with Crippen molar-refractivity contribution >= 4 is 17.3 Å². The van der Waals surface area contributed by atoms with Crippen molar-refractivity contribution in [2.45, 2.75) is 25.6 Å². The van der Waals surface area contributed by atoms with Crippen molar-refractivity contribution in [1.82, 2.24) is 15.1 Å². The van der Waals surface area contributed by atoms with Crippen LogP contribution in [-0.4, -0.2) is 68.8 Å². The van der Waals surface area contributed by atoms with Crippen LogP contribution >= 0.6 is 0 Å². The van der Waals surface area contributed by atoms with E-state index in [9.17, 15) is 9.18 Å². The molecule has 6 nitrogen and oxygen atoms in total. The van der Waals surface area contributed by atoms with Gasteiger partial charge in [-0.2, -0.15) is 0 Å². The van der Waals surface area contributed by atoms with Gasteiger partial charge in [-0.1, -0.05) is 0 Å². The second kappa shape index (κ2) is 7.04. The summed E-state index contributed by atoms with van der Waals surface area (Å²) in [4.78, 5) is 19.2. The maximum Gasteiger partial charge on any atom is 0.253 e. The summed E-state index contributed by atoms with van der Waals surface area (Å²) in [6.45, 7) is 4.50. The number of rotatable bonds is 4. The van der Waals surface area contributed by atoms with Crippen LogP contribution in [-0.2, 0) is 0 Å². The predicted octanol–water partition coefficient (Wildman–Crippen LogP) is 1.75. The lowest BCUT2D eigenvalue weighted by Gasteiger charge is -2.40. The first-order chi connectivity index (χ1) is 12.5. The third-order valence-corrected chi connectivity index (χ3v) is 5.80. The predicted molar refractivity (Wildman–Crippen MR) is 101 cm³/mol. The van der Waals surface area contributed by atoms with E-state index in [0.717, 1.165) is 43.5 Å². The molecule has 1 saturated heterocycles. The fourth-order valence-electron chi connectivity index (χ4n) is 4.37. The number of piperidine rings is 1. The Bertz CT molecular complexity index is 687. The summed E-state index contributed by atoms with van der Waals surface area (Å²) in [5, 5.41) is 6.34. The standard InChI is InChI=1S/C19H28FN5O/c1-23(2)7-3-13-4-8-24(9-5-13)19-22-16-12-14(20)11-15-17(16)25(19)10-6-21-18(15)26/h11-13,19,22H,3-10H2,1-2H3,(H,21,26). The molecule has 0 aliphatic carbocycles. The molecule has 1 aromatic rings. The van der Waals surface area contributed by atoms with Gasteiger partial charge < -0.3 is 20.4 Å². The van der Waals surface area contributed by atoms with Gasteiger partial charge in [0, 0.05) is 26.2 Å². The molecule has 0 bridgehead atoms. The zero-order chi connectivity index (χ0) is 18.3. The lowest BCUT2D eigenvalue weighted by molar-refractivity contribution is 0.0957. The Morgan fingerprint density at radius 2 is 2.00 bits per heavy atom. The normalized spacial score (nSPS) is 23.6. The minimum atomic E-state index is -0.369. The number of likely N-dealkylation sites (tertiary alicyclic amines) is 1. The van der Waals surface area contributed by atoms with Crippen molar-refractivity contribution in [3.05, 3.63) is 23.5 Å². The molecule has 7 heteroatoms. The largest absolute Gasteiger partial charge is 0.351 e. The third kappa shape index (κ3) is 3.25. The lowest BCUT2D eigenvalue weighted by Crippen LogP contribution is -2.53. The van der Waals surface area contributed by atoms with Crippen molar-refractivity contribution in [2.24, 2.45) is 5.92 Å². The van der Waals surface area contributed by atoms with E-state index in [1.807, 2.05) is 0 Å². The molecule has 0 aromatic heterocycles. The molecule has 3 aliphatic rings. The van der Waals surface area contributed by atoms with E-state index < -0.39 is 0 Å². The number of benzene rings is 1. The molecule has 3 aliphatic heterocycles. The van der Waals surface area contributed by atoms with Crippen molar-refractivity contribution in [2.75, 3.05) is 57.0 Å². The Morgan fingerprint density at radius 1 is 1.23 bits per heavy atom. The average molecular weight is 361 g/mol. The quantitative estimate of drug-likeness (QED) is 0.856. The SMILES string of the molecule is CN(C)CCC1CCN(C2Nc3cc(F)cc4c3N2CCNC4=O)CC1.